The number of ether oxygens (including phenoxy) is 1. The second-order valence-corrected chi connectivity index (χ2v) is 4.99. The molecule has 0 amide bonds. The Balaban J connectivity index is 1.75. The average Bonchev–Trinajstić information content (AvgIpc) is 2.55. The third-order valence-electron chi connectivity index (χ3n) is 3.48. The number of halogens is 3. The van der Waals surface area contributed by atoms with Crippen LogP contribution in [0.2, 0.25) is 0 Å². The van der Waals surface area contributed by atoms with Crippen molar-refractivity contribution in [1.82, 2.24) is 10.2 Å². The molecule has 1 atom stereocenters. The predicted octanol–water partition coefficient (Wildman–Crippen LogP) is 2.91. The van der Waals surface area contributed by atoms with Crippen molar-refractivity contribution in [3.8, 4) is 11.3 Å². The highest BCUT2D eigenvalue weighted by Gasteiger charge is 2.43. The van der Waals surface area contributed by atoms with E-state index in [1.807, 2.05) is 30.3 Å². The Kier molecular flexibility index (Phi) is 3.98. The van der Waals surface area contributed by atoms with Crippen molar-refractivity contribution in [3.05, 3.63) is 42.5 Å². The van der Waals surface area contributed by atoms with E-state index in [-0.39, 0.29) is 13.2 Å². The molecule has 1 fully saturated rings. The summed E-state index contributed by atoms with van der Waals surface area (Å²) in [5.74, 6) is 0.428. The molecule has 3 rings (SSSR count). The van der Waals surface area contributed by atoms with Gasteiger partial charge in [0.15, 0.2) is 11.9 Å². The molecule has 0 saturated carbocycles. The summed E-state index contributed by atoms with van der Waals surface area (Å²) in [7, 11) is 0. The minimum absolute atomic E-state index is 0.0201. The Hall–Kier alpha value is -2.15. The fourth-order valence-electron chi connectivity index (χ4n) is 2.31. The van der Waals surface area contributed by atoms with E-state index < -0.39 is 12.3 Å². The van der Waals surface area contributed by atoms with Crippen LogP contribution < -0.4 is 4.90 Å². The average molecular weight is 309 g/mol. The highest BCUT2D eigenvalue weighted by atomic mass is 19.4. The van der Waals surface area contributed by atoms with Gasteiger partial charge in [-0.3, -0.25) is 0 Å². The minimum Gasteiger partial charge on any atom is -0.365 e. The summed E-state index contributed by atoms with van der Waals surface area (Å²) in [4.78, 5) is 1.55. The van der Waals surface area contributed by atoms with Crippen LogP contribution in [0.1, 0.15) is 0 Å². The molecule has 0 unspecified atom stereocenters. The Morgan fingerprint density at radius 2 is 1.82 bits per heavy atom. The Morgan fingerprint density at radius 3 is 2.45 bits per heavy atom. The van der Waals surface area contributed by atoms with Crippen molar-refractivity contribution in [2.75, 3.05) is 24.6 Å². The summed E-state index contributed by atoms with van der Waals surface area (Å²) in [6.07, 6.45) is -6.15. The van der Waals surface area contributed by atoms with Gasteiger partial charge in [-0.15, -0.1) is 10.2 Å². The molecule has 1 aromatic carbocycles. The van der Waals surface area contributed by atoms with Crippen molar-refractivity contribution in [3.63, 3.8) is 0 Å². The molecule has 0 radical (unpaired) electrons. The van der Waals surface area contributed by atoms with E-state index >= 15 is 0 Å². The minimum atomic E-state index is -4.37. The molecule has 2 heterocycles. The summed E-state index contributed by atoms with van der Waals surface area (Å²) in [6.45, 7) is 0.126. The summed E-state index contributed by atoms with van der Waals surface area (Å²) in [5.41, 5.74) is 1.60. The standard InChI is InChI=1S/C15H14F3N3O/c16-15(17,18)13-10-21(8-9-22-13)14-7-6-12(19-20-14)11-4-2-1-3-5-11/h1-7,13H,8-10H2/t13-/m0/s1. The third-order valence-corrected chi connectivity index (χ3v) is 3.48. The molecule has 1 aliphatic rings. The van der Waals surface area contributed by atoms with Gasteiger partial charge in [0, 0.05) is 12.1 Å². The zero-order chi connectivity index (χ0) is 15.6. The first-order valence-corrected chi connectivity index (χ1v) is 6.86. The van der Waals surface area contributed by atoms with Crippen molar-refractivity contribution in [2.24, 2.45) is 0 Å². The maximum Gasteiger partial charge on any atom is 0.416 e. The molecule has 4 nitrogen and oxygen atoms in total. The van der Waals surface area contributed by atoms with Gasteiger partial charge >= 0.3 is 6.18 Å². The van der Waals surface area contributed by atoms with E-state index in [9.17, 15) is 13.2 Å². The van der Waals surface area contributed by atoms with E-state index in [2.05, 4.69) is 10.2 Å². The largest absolute Gasteiger partial charge is 0.416 e. The SMILES string of the molecule is FC(F)(F)[C@@H]1CN(c2ccc(-c3ccccc3)nn2)CCO1. The van der Waals surface area contributed by atoms with Crippen molar-refractivity contribution < 1.29 is 17.9 Å². The molecular formula is C15H14F3N3O. The fourth-order valence-corrected chi connectivity index (χ4v) is 2.31. The van der Waals surface area contributed by atoms with E-state index in [1.54, 1.807) is 17.0 Å². The van der Waals surface area contributed by atoms with Crippen LogP contribution in [0.5, 0.6) is 0 Å². The molecule has 0 aliphatic carbocycles. The van der Waals surface area contributed by atoms with Crippen LogP contribution in [0.4, 0.5) is 19.0 Å². The number of nitrogens with zero attached hydrogens (tertiary/aromatic N) is 3. The summed E-state index contributed by atoms with van der Waals surface area (Å²) < 4.78 is 43.0. The van der Waals surface area contributed by atoms with E-state index in [1.165, 1.54) is 0 Å². The topological polar surface area (TPSA) is 38.2 Å². The number of rotatable bonds is 2. The van der Waals surface area contributed by atoms with Crippen molar-refractivity contribution in [1.29, 1.82) is 0 Å². The summed E-state index contributed by atoms with van der Waals surface area (Å²) in [5, 5.41) is 8.15. The quantitative estimate of drug-likeness (QED) is 0.855. The van der Waals surface area contributed by atoms with E-state index in [0.717, 1.165) is 5.56 Å². The van der Waals surface area contributed by atoms with Gasteiger partial charge in [0.1, 0.15) is 0 Å². The first-order chi connectivity index (χ1) is 10.5. The van der Waals surface area contributed by atoms with Crippen molar-refractivity contribution in [2.45, 2.75) is 12.3 Å². The fraction of sp³-hybridized carbons (Fsp3) is 0.333. The zero-order valence-corrected chi connectivity index (χ0v) is 11.6. The Morgan fingerprint density at radius 1 is 1.05 bits per heavy atom. The number of hydrogen-bond donors (Lipinski definition) is 0. The second kappa shape index (κ2) is 5.92. The molecule has 22 heavy (non-hydrogen) atoms. The van der Waals surface area contributed by atoms with Crippen LogP contribution in [0.15, 0.2) is 42.5 Å². The first-order valence-electron chi connectivity index (χ1n) is 6.86. The van der Waals surface area contributed by atoms with E-state index in [0.29, 0.717) is 18.1 Å². The van der Waals surface area contributed by atoms with Gasteiger partial charge in [-0.2, -0.15) is 13.2 Å². The van der Waals surface area contributed by atoms with Gasteiger partial charge in [0.25, 0.3) is 0 Å². The molecule has 0 bridgehead atoms. The van der Waals surface area contributed by atoms with Crippen LogP contribution in [-0.2, 0) is 4.74 Å². The number of aromatic nitrogens is 2. The number of alkyl halides is 3. The molecule has 2 aromatic rings. The third kappa shape index (κ3) is 3.19. The smallest absolute Gasteiger partial charge is 0.365 e. The Bertz CT molecular complexity index is 616. The summed E-state index contributed by atoms with van der Waals surface area (Å²) in [6, 6.07) is 12.9. The molecule has 1 aliphatic heterocycles. The molecule has 0 N–H and O–H groups in total. The van der Waals surface area contributed by atoms with Gasteiger partial charge in [0.2, 0.25) is 0 Å². The second-order valence-electron chi connectivity index (χ2n) is 4.99. The highest BCUT2D eigenvalue weighted by molar-refractivity contribution is 5.59. The van der Waals surface area contributed by atoms with Gasteiger partial charge in [-0.1, -0.05) is 30.3 Å². The van der Waals surface area contributed by atoms with Crippen LogP contribution in [0, 0.1) is 0 Å². The van der Waals surface area contributed by atoms with Crippen molar-refractivity contribution >= 4 is 5.82 Å². The normalized spacial score (nSPS) is 19.2. The molecule has 1 aromatic heterocycles. The summed E-state index contributed by atoms with van der Waals surface area (Å²) >= 11 is 0. The number of benzene rings is 1. The first kappa shape index (κ1) is 14.8. The lowest BCUT2D eigenvalue weighted by molar-refractivity contribution is -0.221. The molecule has 116 valence electrons. The highest BCUT2D eigenvalue weighted by Crippen LogP contribution is 2.27. The van der Waals surface area contributed by atoms with Gasteiger partial charge in [-0.05, 0) is 12.1 Å². The zero-order valence-electron chi connectivity index (χ0n) is 11.6. The lowest BCUT2D eigenvalue weighted by atomic mass is 10.1. The monoisotopic (exact) mass is 309 g/mol. The van der Waals surface area contributed by atoms with Crippen LogP contribution in [-0.4, -0.2) is 42.2 Å². The molecule has 1 saturated heterocycles. The van der Waals surface area contributed by atoms with Gasteiger partial charge in [-0.25, -0.2) is 0 Å². The molecule has 7 heteroatoms. The number of anilines is 1. The van der Waals surface area contributed by atoms with Crippen LogP contribution >= 0.6 is 0 Å². The maximum absolute atomic E-state index is 12.7. The Labute approximate surface area is 125 Å². The lowest BCUT2D eigenvalue weighted by Gasteiger charge is -2.34. The van der Waals surface area contributed by atoms with Gasteiger partial charge in [0.05, 0.1) is 18.8 Å². The van der Waals surface area contributed by atoms with E-state index in [4.69, 9.17) is 4.74 Å². The lowest BCUT2D eigenvalue weighted by Crippen LogP contribution is -2.49. The number of morpholine rings is 1. The number of hydrogen-bond acceptors (Lipinski definition) is 4. The van der Waals surface area contributed by atoms with Gasteiger partial charge < -0.3 is 9.64 Å². The maximum atomic E-state index is 12.7. The van der Waals surface area contributed by atoms with Crippen LogP contribution in [0.25, 0.3) is 11.3 Å². The molecule has 0 spiro atoms. The van der Waals surface area contributed by atoms with Crippen LogP contribution in [0.3, 0.4) is 0 Å². The molecular weight excluding hydrogens is 295 g/mol. The predicted molar refractivity (Wildman–Crippen MR) is 75.5 cm³/mol.